The van der Waals surface area contributed by atoms with Gasteiger partial charge in [-0.05, 0) is 49.3 Å². The summed E-state index contributed by atoms with van der Waals surface area (Å²) in [5, 5.41) is 0.668. The van der Waals surface area contributed by atoms with Crippen LogP contribution >= 0.6 is 11.6 Å². The zero-order chi connectivity index (χ0) is 15.9. The predicted molar refractivity (Wildman–Crippen MR) is 88.2 cm³/mol. The van der Waals surface area contributed by atoms with Crippen LogP contribution < -0.4 is 4.90 Å². The molecule has 120 valence electrons. The van der Waals surface area contributed by atoms with Gasteiger partial charge in [-0.1, -0.05) is 17.7 Å². The van der Waals surface area contributed by atoms with Gasteiger partial charge in [0.25, 0.3) is 0 Å². The van der Waals surface area contributed by atoms with Crippen molar-refractivity contribution in [1.29, 1.82) is 0 Å². The molecule has 0 radical (unpaired) electrons. The number of carbonyl (C=O) groups is 1. The molecule has 1 aromatic rings. The molecule has 0 spiro atoms. The van der Waals surface area contributed by atoms with Gasteiger partial charge in [0, 0.05) is 18.0 Å². The van der Waals surface area contributed by atoms with Crippen molar-refractivity contribution >= 4 is 33.0 Å². The molecule has 1 saturated heterocycles. The first-order valence-electron chi connectivity index (χ1n) is 7.66. The van der Waals surface area contributed by atoms with Gasteiger partial charge in [-0.15, -0.1) is 0 Å². The summed E-state index contributed by atoms with van der Waals surface area (Å²) in [6, 6.07) is 3.87. The van der Waals surface area contributed by atoms with Gasteiger partial charge in [0.1, 0.15) is 0 Å². The number of nitrogens with zero attached hydrogens (tertiary/aromatic N) is 1. The molecule has 1 aromatic carbocycles. The van der Waals surface area contributed by atoms with E-state index in [1.165, 1.54) is 0 Å². The highest BCUT2D eigenvalue weighted by atomic mass is 35.5. The van der Waals surface area contributed by atoms with E-state index in [1.807, 2.05) is 24.0 Å². The molecule has 4 nitrogen and oxygen atoms in total. The van der Waals surface area contributed by atoms with Crippen LogP contribution in [0.5, 0.6) is 0 Å². The maximum atomic E-state index is 12.7. The Hall–Kier alpha value is -1.07. The Morgan fingerprint density at radius 3 is 2.86 bits per heavy atom. The molecule has 6 heteroatoms. The first kappa shape index (κ1) is 15.8. The summed E-state index contributed by atoms with van der Waals surface area (Å²) in [5.74, 6) is 0.344. The van der Waals surface area contributed by atoms with Crippen molar-refractivity contribution in [2.45, 2.75) is 32.6 Å². The quantitative estimate of drug-likeness (QED) is 0.831. The second-order valence-corrected chi connectivity index (χ2v) is 8.94. The van der Waals surface area contributed by atoms with E-state index in [0.29, 0.717) is 24.4 Å². The number of hydrogen-bond acceptors (Lipinski definition) is 3. The van der Waals surface area contributed by atoms with Crippen LogP contribution in [0.1, 0.15) is 30.4 Å². The molecule has 22 heavy (non-hydrogen) atoms. The third-order valence-corrected chi connectivity index (χ3v) is 6.88. The van der Waals surface area contributed by atoms with Gasteiger partial charge in [-0.25, -0.2) is 8.42 Å². The van der Waals surface area contributed by atoms with E-state index in [0.717, 1.165) is 29.7 Å². The number of halogens is 1. The van der Waals surface area contributed by atoms with Crippen molar-refractivity contribution in [2.75, 3.05) is 23.0 Å². The molecule has 3 rings (SSSR count). The Bertz CT molecular complexity index is 714. The molecule has 0 aromatic heterocycles. The Kier molecular flexibility index (Phi) is 4.21. The van der Waals surface area contributed by atoms with E-state index in [2.05, 4.69) is 0 Å². The Labute approximate surface area is 136 Å². The zero-order valence-electron chi connectivity index (χ0n) is 12.6. The molecule has 0 unspecified atom stereocenters. The summed E-state index contributed by atoms with van der Waals surface area (Å²) in [6.45, 7) is 2.62. The molecule has 1 fully saturated rings. The van der Waals surface area contributed by atoms with Gasteiger partial charge in [-0.2, -0.15) is 0 Å². The number of anilines is 1. The molecule has 2 heterocycles. The molecule has 0 N–H and O–H groups in total. The number of carbonyl (C=O) groups excluding carboxylic acids is 1. The maximum absolute atomic E-state index is 12.7. The smallest absolute Gasteiger partial charge is 0.227 e. The van der Waals surface area contributed by atoms with Crippen LogP contribution in [0, 0.1) is 12.8 Å². The Morgan fingerprint density at radius 2 is 2.18 bits per heavy atom. The minimum absolute atomic E-state index is 0.0217. The van der Waals surface area contributed by atoms with Crippen molar-refractivity contribution < 1.29 is 13.2 Å². The van der Waals surface area contributed by atoms with E-state index in [-0.39, 0.29) is 23.3 Å². The van der Waals surface area contributed by atoms with E-state index < -0.39 is 9.84 Å². The van der Waals surface area contributed by atoms with Crippen molar-refractivity contribution in [2.24, 2.45) is 5.92 Å². The summed E-state index contributed by atoms with van der Waals surface area (Å²) >= 11 is 6.21. The zero-order valence-corrected chi connectivity index (χ0v) is 14.2. The van der Waals surface area contributed by atoms with Gasteiger partial charge >= 0.3 is 0 Å². The summed E-state index contributed by atoms with van der Waals surface area (Å²) in [7, 11) is -2.94. The summed E-state index contributed by atoms with van der Waals surface area (Å²) in [6.07, 6.45) is 2.80. The van der Waals surface area contributed by atoms with Crippen LogP contribution in [0.25, 0.3) is 0 Å². The molecule has 0 bridgehead atoms. The highest BCUT2D eigenvalue weighted by Crippen LogP contribution is 2.35. The van der Waals surface area contributed by atoms with Crippen LogP contribution in [0.4, 0.5) is 5.69 Å². The second-order valence-electron chi connectivity index (χ2n) is 6.30. The Balaban J connectivity index is 1.82. The fraction of sp³-hybridized carbons (Fsp3) is 0.562. The largest absolute Gasteiger partial charge is 0.312 e. The Morgan fingerprint density at radius 1 is 1.41 bits per heavy atom. The minimum atomic E-state index is -2.94. The molecular weight excluding hydrogens is 322 g/mol. The van der Waals surface area contributed by atoms with Crippen molar-refractivity contribution in [3.8, 4) is 0 Å². The van der Waals surface area contributed by atoms with E-state index in [9.17, 15) is 13.2 Å². The normalized spacial score (nSPS) is 23.4. The highest BCUT2D eigenvalue weighted by Gasteiger charge is 2.32. The standard InChI is InChI=1S/C16H20ClNO3S/c1-11-14(17)5-4-13-3-2-7-18(16(11)13)15(19)9-12-6-8-22(20,21)10-12/h4-5,12H,2-3,6-10H2,1H3/t12-/m1/s1. The third-order valence-electron chi connectivity index (χ3n) is 4.64. The third kappa shape index (κ3) is 3.01. The van der Waals surface area contributed by atoms with Gasteiger partial charge in [-0.3, -0.25) is 4.79 Å². The van der Waals surface area contributed by atoms with Crippen molar-refractivity contribution in [1.82, 2.24) is 0 Å². The summed E-state index contributed by atoms with van der Waals surface area (Å²) in [4.78, 5) is 14.5. The number of hydrogen-bond donors (Lipinski definition) is 0. The molecular formula is C16H20ClNO3S. The summed E-state index contributed by atoms with van der Waals surface area (Å²) < 4.78 is 23.1. The van der Waals surface area contributed by atoms with Crippen LogP contribution in [0.15, 0.2) is 12.1 Å². The topological polar surface area (TPSA) is 54.5 Å². The average Bonchev–Trinajstić information content (AvgIpc) is 2.81. The van der Waals surface area contributed by atoms with Gasteiger partial charge in [0.15, 0.2) is 9.84 Å². The maximum Gasteiger partial charge on any atom is 0.227 e. The van der Waals surface area contributed by atoms with Crippen LogP contribution in [0.2, 0.25) is 5.02 Å². The van der Waals surface area contributed by atoms with E-state index in [4.69, 9.17) is 11.6 Å². The molecule has 2 aliphatic rings. The number of aryl methyl sites for hydroxylation is 1. The second kappa shape index (κ2) is 5.85. The van der Waals surface area contributed by atoms with Gasteiger partial charge in [0.05, 0.1) is 17.2 Å². The minimum Gasteiger partial charge on any atom is -0.312 e. The monoisotopic (exact) mass is 341 g/mol. The van der Waals surface area contributed by atoms with E-state index in [1.54, 1.807) is 0 Å². The van der Waals surface area contributed by atoms with Crippen LogP contribution in [0.3, 0.4) is 0 Å². The first-order valence-corrected chi connectivity index (χ1v) is 9.86. The lowest BCUT2D eigenvalue weighted by molar-refractivity contribution is -0.119. The van der Waals surface area contributed by atoms with Gasteiger partial charge in [0.2, 0.25) is 5.91 Å². The SMILES string of the molecule is Cc1c(Cl)ccc2c1N(C(=O)C[C@H]1CCS(=O)(=O)C1)CCC2. The number of rotatable bonds is 2. The molecule has 1 atom stereocenters. The number of sulfone groups is 1. The number of amides is 1. The molecule has 0 aliphatic carbocycles. The van der Waals surface area contributed by atoms with Gasteiger partial charge < -0.3 is 4.90 Å². The lowest BCUT2D eigenvalue weighted by atomic mass is 9.96. The number of fused-ring (bicyclic) bond motifs is 1. The lowest BCUT2D eigenvalue weighted by Crippen LogP contribution is -2.37. The number of benzene rings is 1. The average molecular weight is 342 g/mol. The van der Waals surface area contributed by atoms with Crippen molar-refractivity contribution in [3.05, 3.63) is 28.3 Å². The lowest BCUT2D eigenvalue weighted by Gasteiger charge is -2.32. The fourth-order valence-corrected chi connectivity index (χ4v) is 5.50. The van der Waals surface area contributed by atoms with Crippen molar-refractivity contribution in [3.63, 3.8) is 0 Å². The van der Waals surface area contributed by atoms with Crippen LogP contribution in [-0.4, -0.2) is 32.4 Å². The molecule has 1 amide bonds. The highest BCUT2D eigenvalue weighted by molar-refractivity contribution is 7.91. The van der Waals surface area contributed by atoms with Crippen LogP contribution in [-0.2, 0) is 21.1 Å². The molecule has 2 aliphatic heterocycles. The first-order chi connectivity index (χ1) is 10.4. The fourth-order valence-electron chi connectivity index (χ4n) is 3.49. The van der Waals surface area contributed by atoms with E-state index >= 15 is 0 Å². The predicted octanol–water partition coefficient (Wildman–Crippen LogP) is 2.75. The summed E-state index contributed by atoms with van der Waals surface area (Å²) in [5.41, 5.74) is 3.02. The molecule has 0 saturated carbocycles.